The molecule has 0 aromatic heterocycles. The second-order valence-corrected chi connectivity index (χ2v) is 5.28. The van der Waals surface area contributed by atoms with Crippen LogP contribution in [-0.2, 0) is 9.63 Å². The highest BCUT2D eigenvalue weighted by Gasteiger charge is 2.29. The van der Waals surface area contributed by atoms with Gasteiger partial charge in [0.05, 0.1) is 5.71 Å². The van der Waals surface area contributed by atoms with Crippen LogP contribution < -0.4 is 11.1 Å². The van der Waals surface area contributed by atoms with E-state index < -0.39 is 12.0 Å². The van der Waals surface area contributed by atoms with Crippen LogP contribution in [0, 0.1) is 5.82 Å². The maximum Gasteiger partial charge on any atom is 0.268 e. The number of amides is 2. The largest absolute Gasteiger partial charge is 0.382 e. The van der Waals surface area contributed by atoms with E-state index in [4.69, 9.17) is 10.6 Å². The molecule has 2 amide bonds. The molecule has 3 rings (SSSR count). The minimum Gasteiger partial charge on any atom is -0.382 e. The molecule has 3 N–H and O–H groups in total. The van der Waals surface area contributed by atoms with Gasteiger partial charge in [0.25, 0.3) is 5.91 Å². The van der Waals surface area contributed by atoms with Gasteiger partial charge in [0, 0.05) is 23.2 Å². The Labute approximate surface area is 137 Å². The lowest BCUT2D eigenvalue weighted by molar-refractivity contribution is -0.125. The third kappa shape index (κ3) is 3.40. The number of rotatable bonds is 4. The second-order valence-electron chi connectivity index (χ2n) is 5.28. The lowest BCUT2D eigenvalue weighted by atomic mass is 10.0. The number of benzene rings is 2. The van der Waals surface area contributed by atoms with Gasteiger partial charge in [-0.2, -0.15) is 0 Å². The van der Waals surface area contributed by atoms with Gasteiger partial charge in [0.2, 0.25) is 12.0 Å². The van der Waals surface area contributed by atoms with Crippen molar-refractivity contribution in [2.24, 2.45) is 10.9 Å². The zero-order valence-electron chi connectivity index (χ0n) is 12.5. The zero-order valence-corrected chi connectivity index (χ0v) is 12.5. The molecule has 122 valence electrons. The molecule has 1 aliphatic rings. The van der Waals surface area contributed by atoms with E-state index in [2.05, 4.69) is 10.5 Å². The second kappa shape index (κ2) is 6.49. The van der Waals surface area contributed by atoms with Gasteiger partial charge in [-0.1, -0.05) is 17.3 Å². The van der Waals surface area contributed by atoms with Crippen molar-refractivity contribution in [1.29, 1.82) is 0 Å². The molecular formula is C17H14FN3O3. The highest BCUT2D eigenvalue weighted by molar-refractivity contribution is 6.06. The van der Waals surface area contributed by atoms with Crippen molar-refractivity contribution in [3.05, 3.63) is 65.5 Å². The fourth-order valence-electron chi connectivity index (χ4n) is 2.30. The van der Waals surface area contributed by atoms with Crippen molar-refractivity contribution in [3.8, 4) is 0 Å². The first-order chi connectivity index (χ1) is 11.5. The lowest BCUT2D eigenvalue weighted by Crippen LogP contribution is -2.28. The molecular weight excluding hydrogens is 313 g/mol. The van der Waals surface area contributed by atoms with Crippen LogP contribution in [0.4, 0.5) is 10.1 Å². The normalized spacial score (nSPS) is 16.2. The Morgan fingerprint density at radius 1 is 1.21 bits per heavy atom. The summed E-state index contributed by atoms with van der Waals surface area (Å²) >= 11 is 0. The van der Waals surface area contributed by atoms with E-state index in [1.165, 1.54) is 24.3 Å². The van der Waals surface area contributed by atoms with Crippen LogP contribution in [0.1, 0.15) is 22.3 Å². The first kappa shape index (κ1) is 15.7. The van der Waals surface area contributed by atoms with Gasteiger partial charge in [-0.25, -0.2) is 4.39 Å². The van der Waals surface area contributed by atoms with Gasteiger partial charge in [-0.3, -0.25) is 9.59 Å². The SMILES string of the molecule is NC(=O)c1ccc(NC(=O)[C@@H]2CC(c3cccc(F)c3)=NO2)cc1. The quantitative estimate of drug-likeness (QED) is 0.900. The number of primary amides is 1. The van der Waals surface area contributed by atoms with Crippen LogP contribution in [0.3, 0.4) is 0 Å². The molecule has 0 spiro atoms. The van der Waals surface area contributed by atoms with E-state index in [0.717, 1.165) is 0 Å². The fraction of sp³-hybridized carbons (Fsp3) is 0.118. The van der Waals surface area contributed by atoms with Gasteiger partial charge in [0.1, 0.15) is 5.82 Å². The average molecular weight is 327 g/mol. The molecule has 24 heavy (non-hydrogen) atoms. The Bertz CT molecular complexity index is 818. The van der Waals surface area contributed by atoms with Crippen LogP contribution >= 0.6 is 0 Å². The maximum atomic E-state index is 13.2. The van der Waals surface area contributed by atoms with Crippen LogP contribution in [0.15, 0.2) is 53.7 Å². The molecule has 0 saturated carbocycles. The standard InChI is InChI=1S/C17H14FN3O3/c18-12-3-1-2-11(8-12)14-9-15(24-21-14)17(23)20-13-6-4-10(5-7-13)16(19)22/h1-8,15H,9H2,(H2,19,22)(H,20,23)/t15-/m0/s1. The first-order valence-corrected chi connectivity index (χ1v) is 7.22. The summed E-state index contributed by atoms with van der Waals surface area (Å²) in [7, 11) is 0. The summed E-state index contributed by atoms with van der Waals surface area (Å²) in [6.45, 7) is 0. The van der Waals surface area contributed by atoms with Crippen molar-refractivity contribution in [3.63, 3.8) is 0 Å². The van der Waals surface area contributed by atoms with Crippen LogP contribution in [0.25, 0.3) is 0 Å². The predicted octanol–water partition coefficient (Wildman–Crippen LogP) is 2.06. The van der Waals surface area contributed by atoms with E-state index >= 15 is 0 Å². The Kier molecular flexibility index (Phi) is 4.24. The third-order valence-electron chi connectivity index (χ3n) is 3.56. The highest BCUT2D eigenvalue weighted by Crippen LogP contribution is 2.19. The summed E-state index contributed by atoms with van der Waals surface area (Å²) in [5.41, 5.74) is 7.11. The number of oxime groups is 1. The summed E-state index contributed by atoms with van der Waals surface area (Å²) in [5.74, 6) is -1.30. The minimum absolute atomic E-state index is 0.245. The van der Waals surface area contributed by atoms with Crippen molar-refractivity contribution < 1.29 is 18.8 Å². The molecule has 6 nitrogen and oxygen atoms in total. The molecule has 0 aliphatic carbocycles. The monoisotopic (exact) mass is 327 g/mol. The number of nitrogens with two attached hydrogens (primary N) is 1. The van der Waals surface area contributed by atoms with Crippen molar-refractivity contribution in [1.82, 2.24) is 0 Å². The highest BCUT2D eigenvalue weighted by atomic mass is 19.1. The number of nitrogens with one attached hydrogen (secondary N) is 1. The number of hydrogen-bond donors (Lipinski definition) is 2. The summed E-state index contributed by atoms with van der Waals surface area (Å²) in [4.78, 5) is 28.3. The summed E-state index contributed by atoms with van der Waals surface area (Å²) < 4.78 is 13.2. The molecule has 0 radical (unpaired) electrons. The number of hydrogen-bond acceptors (Lipinski definition) is 4. The van der Waals surface area contributed by atoms with E-state index in [1.54, 1.807) is 24.3 Å². The van der Waals surface area contributed by atoms with Gasteiger partial charge in [-0.05, 0) is 36.4 Å². The summed E-state index contributed by atoms with van der Waals surface area (Å²) in [5, 5.41) is 6.53. The van der Waals surface area contributed by atoms with E-state index in [0.29, 0.717) is 22.5 Å². The first-order valence-electron chi connectivity index (χ1n) is 7.22. The number of nitrogens with zero attached hydrogens (tertiary/aromatic N) is 1. The number of anilines is 1. The van der Waals surface area contributed by atoms with Gasteiger partial charge in [-0.15, -0.1) is 0 Å². The molecule has 1 atom stereocenters. The molecule has 1 heterocycles. The zero-order chi connectivity index (χ0) is 17.1. The molecule has 0 unspecified atom stereocenters. The molecule has 0 bridgehead atoms. The maximum absolute atomic E-state index is 13.2. The molecule has 0 saturated heterocycles. The number of carbonyl (C=O) groups is 2. The van der Waals surface area contributed by atoms with Crippen LogP contribution in [0.5, 0.6) is 0 Å². The Morgan fingerprint density at radius 2 is 1.96 bits per heavy atom. The number of halogens is 1. The topological polar surface area (TPSA) is 93.8 Å². The van der Waals surface area contributed by atoms with Crippen molar-refractivity contribution in [2.45, 2.75) is 12.5 Å². The van der Waals surface area contributed by atoms with Gasteiger partial charge >= 0.3 is 0 Å². The fourth-order valence-corrected chi connectivity index (χ4v) is 2.30. The lowest BCUT2D eigenvalue weighted by Gasteiger charge is -2.09. The van der Waals surface area contributed by atoms with E-state index in [-0.39, 0.29) is 18.1 Å². The predicted molar refractivity (Wildman–Crippen MR) is 86.0 cm³/mol. The Morgan fingerprint density at radius 3 is 2.62 bits per heavy atom. The molecule has 2 aromatic carbocycles. The average Bonchev–Trinajstić information content (AvgIpc) is 3.05. The van der Waals surface area contributed by atoms with Crippen molar-refractivity contribution in [2.75, 3.05) is 5.32 Å². The molecule has 1 aliphatic heterocycles. The summed E-state index contributed by atoms with van der Waals surface area (Å²) in [6, 6.07) is 12.1. The van der Waals surface area contributed by atoms with Gasteiger partial charge < -0.3 is 15.9 Å². The van der Waals surface area contributed by atoms with Gasteiger partial charge in [0.15, 0.2) is 0 Å². The molecule has 7 heteroatoms. The Balaban J connectivity index is 1.62. The minimum atomic E-state index is -0.793. The third-order valence-corrected chi connectivity index (χ3v) is 3.56. The van der Waals surface area contributed by atoms with E-state index in [1.807, 2.05) is 0 Å². The van der Waals surface area contributed by atoms with Crippen molar-refractivity contribution >= 4 is 23.2 Å². The molecule has 0 fully saturated rings. The summed E-state index contributed by atoms with van der Waals surface area (Å²) in [6.07, 6.45) is -0.548. The van der Waals surface area contributed by atoms with E-state index in [9.17, 15) is 14.0 Å². The smallest absolute Gasteiger partial charge is 0.268 e. The molecule has 2 aromatic rings. The van der Waals surface area contributed by atoms with Crippen LogP contribution in [0.2, 0.25) is 0 Å². The number of carbonyl (C=O) groups excluding carboxylic acids is 2. The van der Waals surface area contributed by atoms with Crippen LogP contribution in [-0.4, -0.2) is 23.6 Å². The Hall–Kier alpha value is -3.22.